The largest absolute Gasteiger partial charge is 1.00 e. The molecule has 0 aliphatic heterocycles. The molecule has 154 valence electrons. The molecule has 22 heteroatoms. The first-order chi connectivity index (χ1) is 13.4. The van der Waals surface area contributed by atoms with E-state index >= 15 is 0 Å². The number of hydrogen-bond donors (Lipinski definition) is 0. The van der Waals surface area contributed by atoms with E-state index in [1.807, 2.05) is 0 Å². The molecule has 0 saturated carbocycles. The summed E-state index contributed by atoms with van der Waals surface area (Å²) in [6.45, 7) is 0. The molecule has 0 aromatic rings. The van der Waals surface area contributed by atoms with Crippen LogP contribution in [0, 0.1) is 0 Å². The molecule has 0 N–H and O–H groups in total. The van der Waals surface area contributed by atoms with E-state index in [-0.39, 0.29) is 70.6 Å². The maximum Gasteiger partial charge on any atom is 1.00 e. The van der Waals surface area contributed by atoms with Gasteiger partial charge in [-0.15, -0.1) is 0 Å². The summed E-state index contributed by atoms with van der Waals surface area (Å²) < 4.78 is 43.4. The molecule has 0 spiro atoms. The summed E-state index contributed by atoms with van der Waals surface area (Å²) >= 11 is -5.05. The van der Waals surface area contributed by atoms with Crippen molar-refractivity contribution < 1.29 is 76.6 Å². The molecule has 6 atom stereocenters. The van der Waals surface area contributed by atoms with Gasteiger partial charge in [-0.1, -0.05) is 64.2 Å². The van der Waals surface area contributed by atoms with Gasteiger partial charge in [-0.3, -0.25) is 8.42 Å². The summed E-state index contributed by atoms with van der Waals surface area (Å²) in [6.07, 6.45) is 0. The van der Waals surface area contributed by atoms with Crippen LogP contribution in [-0.4, -0.2) is 64.7 Å². The van der Waals surface area contributed by atoms with Crippen LogP contribution >= 0.6 is 21.6 Å². The molecule has 0 aliphatic rings. The minimum Gasteiger partial charge on any atom is -0.772 e. The third-order valence-electron chi connectivity index (χ3n) is 2.86. The molecule has 0 radical (unpaired) electrons. The molecule has 0 aliphatic carbocycles. The zero-order chi connectivity index (χ0) is 21.4. The van der Waals surface area contributed by atoms with Crippen molar-refractivity contribution >= 4 is 43.7 Å². The molecule has 30 heavy (non-hydrogen) atoms. The fourth-order valence-corrected chi connectivity index (χ4v) is 5.26. The van der Waals surface area contributed by atoms with Crippen LogP contribution in [0.25, 0.3) is 41.8 Å². The normalized spacial score (nSPS) is 15.4. The van der Waals surface area contributed by atoms with Crippen LogP contribution in [0.1, 0.15) is 0 Å². The van der Waals surface area contributed by atoms with Crippen LogP contribution in [0.3, 0.4) is 0 Å². The average Bonchev–Trinajstić information content (AvgIpc) is 2.62. The third-order valence-corrected chi connectivity index (χ3v) is 6.53. The molecule has 0 amide bonds. The van der Waals surface area contributed by atoms with Crippen molar-refractivity contribution in [2.24, 2.45) is 20.5 Å². The van der Waals surface area contributed by atoms with Gasteiger partial charge in [-0.2, -0.15) is 0 Å². The minimum atomic E-state index is -2.53. The number of azide groups is 4. The Balaban J connectivity index is -0.00000364. The second-order valence-electron chi connectivity index (χ2n) is 4.60. The van der Waals surface area contributed by atoms with E-state index in [1.165, 1.54) is 0 Å². The Morgan fingerprint density at radius 2 is 0.933 bits per heavy atom. The SMILES string of the molecule is [N-]=[N+]=N[C@H](CSSC[C@@H](N=[N+]=[N-])[C@@H](CS(=O)[O-])N=[N+]=[N-])[C@@H](CS(=O)[O-])N=[N+]=[N-].[Na+].[Na+]. The van der Waals surface area contributed by atoms with Gasteiger partial charge in [-0.05, 0) is 22.1 Å². The van der Waals surface area contributed by atoms with Crippen LogP contribution in [0.15, 0.2) is 20.5 Å². The summed E-state index contributed by atoms with van der Waals surface area (Å²) in [5, 5.41) is 13.5. The monoisotopic (exact) mass is 514 g/mol. The zero-order valence-electron chi connectivity index (χ0n) is 15.8. The molecule has 0 aromatic carbocycles. The summed E-state index contributed by atoms with van der Waals surface area (Å²) in [5.41, 5.74) is 34.3. The van der Waals surface area contributed by atoms with Crippen molar-refractivity contribution in [3.8, 4) is 0 Å². The van der Waals surface area contributed by atoms with Gasteiger partial charge in [-0.25, -0.2) is 0 Å². The van der Waals surface area contributed by atoms with Crippen molar-refractivity contribution in [3.05, 3.63) is 41.8 Å². The van der Waals surface area contributed by atoms with Crippen molar-refractivity contribution in [1.82, 2.24) is 0 Å². The van der Waals surface area contributed by atoms with E-state index in [4.69, 9.17) is 22.1 Å². The number of rotatable bonds is 15. The second kappa shape index (κ2) is 22.4. The topological polar surface area (TPSA) is 275 Å². The van der Waals surface area contributed by atoms with Crippen molar-refractivity contribution in [2.75, 3.05) is 23.0 Å². The van der Waals surface area contributed by atoms with Gasteiger partial charge in [0.25, 0.3) is 0 Å². The molecular weight excluding hydrogens is 502 g/mol. The summed E-state index contributed by atoms with van der Waals surface area (Å²) in [6, 6.07) is -4.15. The molecular formula is C8H12N12Na2O4S4. The molecule has 2 unspecified atom stereocenters. The standard InChI is InChI=1S/C8H14N12O4S4.2Na/c9-17-13-5(7(15-19-11)3-27(21)22)1-25-26-2-6(14-18-10)8(16-20-12)4-28(23)24;;/h5-8H,1-4H2,(H,21,22)(H,23,24);;/q;2*+1/p-2/t5-,6-,7-,8-;;/m1../s1. The van der Waals surface area contributed by atoms with Crippen LogP contribution in [0.2, 0.25) is 0 Å². The van der Waals surface area contributed by atoms with Crippen LogP contribution in [-0.2, 0) is 22.2 Å². The van der Waals surface area contributed by atoms with Crippen molar-refractivity contribution in [3.63, 3.8) is 0 Å². The smallest absolute Gasteiger partial charge is 0.772 e. The Bertz CT molecular complexity index is 691. The summed E-state index contributed by atoms with van der Waals surface area (Å²) in [5.74, 6) is -0.959. The second-order valence-corrected chi connectivity index (χ2v) is 9.03. The van der Waals surface area contributed by atoms with Crippen LogP contribution < -0.4 is 59.1 Å². The Hall–Kier alpha value is 0.160. The van der Waals surface area contributed by atoms with Gasteiger partial charge < -0.3 is 9.11 Å². The van der Waals surface area contributed by atoms with E-state index < -0.39 is 57.8 Å². The predicted octanol–water partition coefficient (Wildman–Crippen LogP) is -3.15. The average molecular weight is 515 g/mol. The van der Waals surface area contributed by atoms with E-state index in [0.29, 0.717) is 0 Å². The van der Waals surface area contributed by atoms with Gasteiger partial charge in [0.1, 0.15) is 0 Å². The molecule has 0 saturated heterocycles. The fourth-order valence-electron chi connectivity index (χ4n) is 1.67. The maximum absolute atomic E-state index is 10.8. The summed E-state index contributed by atoms with van der Waals surface area (Å²) in [4.78, 5) is 10.3. The molecule has 0 bridgehead atoms. The van der Waals surface area contributed by atoms with E-state index in [2.05, 4.69) is 40.1 Å². The first kappa shape index (κ1) is 34.8. The van der Waals surface area contributed by atoms with Crippen LogP contribution in [0.4, 0.5) is 0 Å². The Kier molecular flexibility index (Phi) is 25.9. The van der Waals surface area contributed by atoms with Gasteiger partial charge in [0.05, 0.1) is 24.2 Å². The Labute approximate surface area is 227 Å². The molecule has 0 fully saturated rings. The minimum absolute atomic E-state index is 0. The van der Waals surface area contributed by atoms with E-state index in [1.54, 1.807) is 0 Å². The molecule has 0 aromatic heterocycles. The Morgan fingerprint density at radius 1 is 0.667 bits per heavy atom. The van der Waals surface area contributed by atoms with E-state index in [0.717, 1.165) is 21.6 Å². The third kappa shape index (κ3) is 16.8. The van der Waals surface area contributed by atoms with Gasteiger partial charge in [0.2, 0.25) is 0 Å². The van der Waals surface area contributed by atoms with Crippen LogP contribution in [0.5, 0.6) is 0 Å². The number of hydrogen-bond acceptors (Lipinski definition) is 10. The van der Waals surface area contributed by atoms with Crippen molar-refractivity contribution in [1.29, 1.82) is 0 Å². The molecule has 16 nitrogen and oxygen atoms in total. The van der Waals surface area contributed by atoms with Gasteiger partial charge >= 0.3 is 59.1 Å². The van der Waals surface area contributed by atoms with E-state index in [9.17, 15) is 17.5 Å². The predicted molar refractivity (Wildman–Crippen MR) is 104 cm³/mol. The molecule has 0 rings (SSSR count). The maximum atomic E-state index is 10.8. The Morgan fingerprint density at radius 3 is 1.17 bits per heavy atom. The number of nitrogens with zero attached hydrogens (tertiary/aromatic N) is 12. The van der Waals surface area contributed by atoms with Crippen molar-refractivity contribution in [2.45, 2.75) is 24.2 Å². The summed E-state index contributed by atoms with van der Waals surface area (Å²) in [7, 11) is 2.17. The first-order valence-electron chi connectivity index (χ1n) is 6.92. The fraction of sp³-hybridized carbons (Fsp3) is 1.00. The quantitative estimate of drug-likeness (QED) is 0.0413. The van der Waals surface area contributed by atoms with Gasteiger partial charge in [0, 0.05) is 42.7 Å². The molecule has 0 heterocycles. The van der Waals surface area contributed by atoms with Gasteiger partial charge in [0.15, 0.2) is 0 Å². The zero-order valence-corrected chi connectivity index (χ0v) is 23.0. The first-order valence-corrected chi connectivity index (χ1v) is 11.9.